The van der Waals surface area contributed by atoms with Gasteiger partial charge in [-0.3, -0.25) is 9.78 Å². The number of anilines is 1. The van der Waals surface area contributed by atoms with E-state index >= 15 is 0 Å². The lowest BCUT2D eigenvalue weighted by Gasteiger charge is -2.24. The number of nitrogens with zero attached hydrogens (tertiary/aromatic N) is 2. The van der Waals surface area contributed by atoms with E-state index in [1.54, 1.807) is 30.5 Å². The van der Waals surface area contributed by atoms with Gasteiger partial charge in [-0.1, -0.05) is 23.7 Å². The number of aromatic nitrogens is 1. The van der Waals surface area contributed by atoms with E-state index in [2.05, 4.69) is 9.88 Å². The van der Waals surface area contributed by atoms with Gasteiger partial charge in [-0.25, -0.2) is 4.39 Å². The molecule has 6 heteroatoms. The molecule has 0 spiro atoms. The molecule has 1 N–H and O–H groups in total. The SMILES string of the molecule is O=C(CC1C2CN(c3ccnc4ccc(F)cc34)CC12)C(CO)c1ccc(Cl)cc1. The van der Waals surface area contributed by atoms with Crippen LogP contribution >= 0.6 is 11.6 Å². The highest BCUT2D eigenvalue weighted by molar-refractivity contribution is 6.30. The summed E-state index contributed by atoms with van der Waals surface area (Å²) < 4.78 is 13.8. The third kappa shape index (κ3) is 3.46. The van der Waals surface area contributed by atoms with Gasteiger partial charge in [-0.15, -0.1) is 0 Å². The highest BCUT2D eigenvalue weighted by atomic mass is 35.5. The van der Waals surface area contributed by atoms with Gasteiger partial charge in [-0.05, 0) is 59.7 Å². The minimum atomic E-state index is -0.494. The molecule has 0 radical (unpaired) electrons. The lowest BCUT2D eigenvalue weighted by molar-refractivity contribution is -0.121. The summed E-state index contributed by atoms with van der Waals surface area (Å²) in [6.45, 7) is 1.54. The fraction of sp³-hybridized carbons (Fsp3) is 0.333. The van der Waals surface area contributed by atoms with Gasteiger partial charge >= 0.3 is 0 Å². The smallest absolute Gasteiger partial charge is 0.142 e. The molecule has 3 unspecified atom stereocenters. The van der Waals surface area contributed by atoms with E-state index in [1.165, 1.54) is 6.07 Å². The molecule has 1 aliphatic heterocycles. The van der Waals surface area contributed by atoms with Gasteiger partial charge in [0.1, 0.15) is 11.6 Å². The molecule has 2 fully saturated rings. The van der Waals surface area contributed by atoms with Crippen LogP contribution < -0.4 is 4.90 Å². The molecule has 1 saturated heterocycles. The number of fused-ring (bicyclic) bond motifs is 2. The van der Waals surface area contributed by atoms with Crippen molar-refractivity contribution in [3.8, 4) is 0 Å². The predicted octanol–water partition coefficient (Wildman–Crippen LogP) is 4.44. The average molecular weight is 425 g/mol. The summed E-state index contributed by atoms with van der Waals surface area (Å²) in [5.74, 6) is 0.626. The van der Waals surface area contributed by atoms with Crippen molar-refractivity contribution in [1.29, 1.82) is 0 Å². The van der Waals surface area contributed by atoms with Crippen LogP contribution in [0.1, 0.15) is 17.9 Å². The number of aliphatic hydroxyl groups is 1. The van der Waals surface area contributed by atoms with Gasteiger partial charge in [0.05, 0.1) is 18.0 Å². The van der Waals surface area contributed by atoms with Gasteiger partial charge in [0.15, 0.2) is 0 Å². The van der Waals surface area contributed by atoms with Crippen LogP contribution in [0.5, 0.6) is 0 Å². The molecule has 3 aromatic rings. The second-order valence-electron chi connectivity index (χ2n) is 8.35. The quantitative estimate of drug-likeness (QED) is 0.635. The molecule has 30 heavy (non-hydrogen) atoms. The van der Waals surface area contributed by atoms with E-state index in [1.807, 2.05) is 18.2 Å². The highest BCUT2D eigenvalue weighted by Crippen LogP contribution is 2.55. The predicted molar refractivity (Wildman–Crippen MR) is 115 cm³/mol. The Balaban J connectivity index is 1.25. The van der Waals surface area contributed by atoms with Crippen LogP contribution in [0.2, 0.25) is 5.02 Å². The van der Waals surface area contributed by atoms with E-state index in [-0.39, 0.29) is 18.2 Å². The van der Waals surface area contributed by atoms with Crippen molar-refractivity contribution < 1.29 is 14.3 Å². The van der Waals surface area contributed by atoms with Crippen LogP contribution in [0.3, 0.4) is 0 Å². The normalized spacial score (nSPS) is 23.4. The van der Waals surface area contributed by atoms with Gasteiger partial charge < -0.3 is 10.0 Å². The second-order valence-corrected chi connectivity index (χ2v) is 8.78. The molecule has 1 aliphatic carbocycles. The van der Waals surface area contributed by atoms with Gasteiger partial charge in [0.2, 0.25) is 0 Å². The van der Waals surface area contributed by atoms with Crippen molar-refractivity contribution in [2.75, 3.05) is 24.6 Å². The number of piperidine rings is 1. The Hall–Kier alpha value is -2.50. The summed E-state index contributed by atoms with van der Waals surface area (Å²) in [6, 6.07) is 13.7. The number of pyridine rings is 1. The monoisotopic (exact) mass is 424 g/mol. The van der Waals surface area contributed by atoms with Crippen LogP contribution in [0.4, 0.5) is 10.1 Å². The van der Waals surface area contributed by atoms with Crippen molar-refractivity contribution in [3.05, 3.63) is 71.1 Å². The molecule has 2 aliphatic rings. The Morgan fingerprint density at radius 2 is 1.90 bits per heavy atom. The molecule has 3 atom stereocenters. The van der Waals surface area contributed by atoms with Crippen LogP contribution in [0.25, 0.3) is 10.9 Å². The van der Waals surface area contributed by atoms with Crippen LogP contribution in [-0.2, 0) is 4.79 Å². The Labute approximate surface area is 179 Å². The number of hydrogen-bond acceptors (Lipinski definition) is 4. The zero-order chi connectivity index (χ0) is 20.8. The van der Waals surface area contributed by atoms with Gasteiger partial charge in [0, 0.05) is 41.8 Å². The molecule has 4 nitrogen and oxygen atoms in total. The number of carbonyl (C=O) groups is 1. The molecule has 5 rings (SSSR count). The van der Waals surface area contributed by atoms with E-state index in [0.717, 1.165) is 35.2 Å². The second kappa shape index (κ2) is 7.64. The third-order valence-corrected chi connectivity index (χ3v) is 6.93. The third-order valence-electron chi connectivity index (χ3n) is 6.67. The zero-order valence-electron chi connectivity index (χ0n) is 16.3. The van der Waals surface area contributed by atoms with E-state index < -0.39 is 5.92 Å². The largest absolute Gasteiger partial charge is 0.395 e. The topological polar surface area (TPSA) is 53.4 Å². The lowest BCUT2D eigenvalue weighted by atomic mass is 9.92. The fourth-order valence-corrected chi connectivity index (χ4v) is 5.12. The van der Waals surface area contributed by atoms with Crippen molar-refractivity contribution in [2.45, 2.75) is 12.3 Å². The fourth-order valence-electron chi connectivity index (χ4n) is 4.99. The van der Waals surface area contributed by atoms with Crippen LogP contribution in [0, 0.1) is 23.6 Å². The number of carbonyl (C=O) groups excluding carboxylic acids is 1. The van der Waals surface area contributed by atoms with Gasteiger partial charge in [-0.2, -0.15) is 0 Å². The summed E-state index contributed by atoms with van der Waals surface area (Å²) in [6.07, 6.45) is 2.25. The molecule has 1 aromatic heterocycles. The molecule has 0 amide bonds. The molecule has 1 saturated carbocycles. The number of rotatable bonds is 6. The summed E-state index contributed by atoms with van der Waals surface area (Å²) in [5.41, 5.74) is 2.60. The van der Waals surface area contributed by atoms with Crippen molar-refractivity contribution in [3.63, 3.8) is 0 Å². The summed E-state index contributed by atoms with van der Waals surface area (Å²) >= 11 is 5.93. The molecule has 2 aromatic carbocycles. The maximum absolute atomic E-state index is 13.8. The van der Waals surface area contributed by atoms with E-state index in [9.17, 15) is 14.3 Å². The Morgan fingerprint density at radius 3 is 2.60 bits per heavy atom. The maximum atomic E-state index is 13.8. The van der Waals surface area contributed by atoms with Crippen molar-refractivity contribution in [1.82, 2.24) is 4.98 Å². The highest BCUT2D eigenvalue weighted by Gasteiger charge is 2.56. The standard InChI is InChI=1S/C24H22ClFN2O2/c25-15-3-1-14(2-4-15)21(13-29)24(30)10-17-19-11-28(12-20(17)19)23-7-8-27-22-6-5-16(26)9-18(22)23/h1-9,17,19-21,29H,10-13H2. The minimum absolute atomic E-state index is 0.0854. The number of halogens is 2. The number of benzene rings is 2. The number of aliphatic hydroxyl groups excluding tert-OH is 1. The Kier molecular flexibility index (Phi) is 4.95. The first kappa shape index (κ1) is 19.5. The van der Waals surface area contributed by atoms with Crippen LogP contribution in [-0.4, -0.2) is 35.6 Å². The van der Waals surface area contributed by atoms with Gasteiger partial charge in [0.25, 0.3) is 0 Å². The summed E-state index contributed by atoms with van der Waals surface area (Å²) in [4.78, 5) is 19.5. The Morgan fingerprint density at radius 1 is 1.17 bits per heavy atom. The number of ketones is 1. The zero-order valence-corrected chi connectivity index (χ0v) is 17.1. The Bertz CT molecular complexity index is 1090. The van der Waals surface area contributed by atoms with E-state index in [4.69, 9.17) is 11.6 Å². The lowest BCUT2D eigenvalue weighted by Crippen LogP contribution is -2.26. The van der Waals surface area contributed by atoms with E-state index in [0.29, 0.717) is 29.2 Å². The molecule has 0 bridgehead atoms. The number of hydrogen-bond donors (Lipinski definition) is 1. The maximum Gasteiger partial charge on any atom is 0.142 e. The molecular formula is C24H22ClFN2O2. The summed E-state index contributed by atoms with van der Waals surface area (Å²) in [7, 11) is 0. The first-order chi connectivity index (χ1) is 14.5. The number of Topliss-reactive ketones (excluding diaryl/α,β-unsaturated/α-hetero) is 1. The first-order valence-electron chi connectivity index (χ1n) is 10.2. The molecule has 2 heterocycles. The minimum Gasteiger partial charge on any atom is -0.395 e. The molecule has 154 valence electrons. The summed E-state index contributed by atoms with van der Waals surface area (Å²) in [5, 5.41) is 11.2. The molecular weight excluding hydrogens is 403 g/mol. The van der Waals surface area contributed by atoms with Crippen molar-refractivity contribution in [2.24, 2.45) is 17.8 Å². The van der Waals surface area contributed by atoms with Crippen LogP contribution in [0.15, 0.2) is 54.7 Å². The average Bonchev–Trinajstić information content (AvgIpc) is 3.18. The van der Waals surface area contributed by atoms with Crippen molar-refractivity contribution >= 4 is 34.0 Å². The first-order valence-corrected chi connectivity index (χ1v) is 10.6.